The highest BCUT2D eigenvalue weighted by Gasteiger charge is 2.13. The number of anilines is 1. The first-order valence-corrected chi connectivity index (χ1v) is 13.5. The number of nitrogens with zero attached hydrogens (tertiary/aromatic N) is 4. The number of carbonyl (C=O) groups excluding carboxylic acids is 1. The van der Waals surface area contributed by atoms with Crippen LogP contribution in [0.3, 0.4) is 0 Å². The zero-order chi connectivity index (χ0) is 25.2. The maximum absolute atomic E-state index is 12.6. The van der Waals surface area contributed by atoms with E-state index in [1.165, 1.54) is 23.5 Å². The van der Waals surface area contributed by atoms with Crippen LogP contribution in [0.15, 0.2) is 53.6 Å². The van der Waals surface area contributed by atoms with Crippen molar-refractivity contribution in [3.8, 4) is 11.5 Å². The summed E-state index contributed by atoms with van der Waals surface area (Å²) in [5.74, 6) is 0.712. The Morgan fingerprint density at radius 3 is 2.37 bits per heavy atom. The summed E-state index contributed by atoms with van der Waals surface area (Å²) in [6, 6.07) is 11.6. The Morgan fingerprint density at radius 1 is 1.06 bits per heavy atom. The van der Waals surface area contributed by atoms with Crippen molar-refractivity contribution in [3.05, 3.63) is 76.3 Å². The number of amides is 1. The van der Waals surface area contributed by atoms with Gasteiger partial charge in [0.15, 0.2) is 15.0 Å². The van der Waals surface area contributed by atoms with Gasteiger partial charge in [-0.3, -0.25) is 14.5 Å². The Bertz CT molecular complexity index is 1470. The maximum Gasteiger partial charge on any atom is 0.232 e. The maximum atomic E-state index is 12.6. The van der Waals surface area contributed by atoms with Crippen molar-refractivity contribution in [2.45, 2.75) is 38.6 Å². The number of aromatic nitrogens is 4. The fourth-order valence-electron chi connectivity index (χ4n) is 3.47. The zero-order valence-electron chi connectivity index (χ0n) is 19.8. The van der Waals surface area contributed by atoms with Crippen LogP contribution < -0.4 is 10.1 Å². The molecule has 0 radical (unpaired) electrons. The Morgan fingerprint density at radius 2 is 1.77 bits per heavy atom. The first-order valence-electron chi connectivity index (χ1n) is 10.8. The standard InChI is InChI=1S/C24H25N5O4S2/c1-15-9-16(2)29(28-15)14-19-11-21(33-20-5-7-22(8-6-20)35(4,31)32)10-18(26-19)12-23(30)27-24-25-13-17(3)34-24/h5-11,13H,12,14H2,1-4H3,(H,25,27,30). The van der Waals surface area contributed by atoms with Crippen LogP contribution in [-0.4, -0.2) is 40.3 Å². The van der Waals surface area contributed by atoms with Crippen LogP contribution in [0.2, 0.25) is 0 Å². The highest BCUT2D eigenvalue weighted by molar-refractivity contribution is 7.90. The summed E-state index contributed by atoms with van der Waals surface area (Å²) in [5, 5.41) is 7.82. The molecule has 4 aromatic rings. The van der Waals surface area contributed by atoms with Crippen molar-refractivity contribution >= 4 is 32.2 Å². The third-order valence-corrected chi connectivity index (χ3v) is 6.97. The zero-order valence-corrected chi connectivity index (χ0v) is 21.4. The first kappa shape index (κ1) is 24.6. The molecule has 11 heteroatoms. The van der Waals surface area contributed by atoms with Gasteiger partial charge in [0, 0.05) is 35.2 Å². The van der Waals surface area contributed by atoms with Crippen molar-refractivity contribution in [2.24, 2.45) is 0 Å². The molecule has 3 aromatic heterocycles. The second kappa shape index (κ2) is 9.96. The molecule has 182 valence electrons. The molecule has 0 saturated heterocycles. The third-order valence-electron chi connectivity index (χ3n) is 5.02. The predicted molar refractivity (Wildman–Crippen MR) is 134 cm³/mol. The molecule has 9 nitrogen and oxygen atoms in total. The van der Waals surface area contributed by atoms with Crippen LogP contribution >= 0.6 is 11.3 Å². The Balaban J connectivity index is 1.60. The van der Waals surface area contributed by atoms with Crippen molar-refractivity contribution in [3.63, 3.8) is 0 Å². The molecule has 1 N–H and O–H groups in total. The summed E-state index contributed by atoms with van der Waals surface area (Å²) >= 11 is 1.40. The number of nitrogens with one attached hydrogen (secondary N) is 1. The minimum Gasteiger partial charge on any atom is -0.457 e. The van der Waals surface area contributed by atoms with E-state index in [2.05, 4.69) is 20.4 Å². The van der Waals surface area contributed by atoms with Gasteiger partial charge in [-0.25, -0.2) is 13.4 Å². The molecule has 0 saturated carbocycles. The number of benzene rings is 1. The minimum atomic E-state index is -3.30. The molecule has 4 rings (SSSR count). The van der Waals surface area contributed by atoms with E-state index in [-0.39, 0.29) is 17.2 Å². The number of rotatable bonds is 8. The van der Waals surface area contributed by atoms with Crippen LogP contribution in [0.5, 0.6) is 11.5 Å². The second-order valence-corrected chi connectivity index (χ2v) is 11.5. The SMILES string of the molecule is Cc1cc(C)n(Cc2cc(Oc3ccc(S(C)(=O)=O)cc3)cc(CC(=O)Nc3ncc(C)s3)n2)n1. The quantitative estimate of drug-likeness (QED) is 0.379. The van der Waals surface area contributed by atoms with E-state index >= 15 is 0 Å². The molecule has 0 aliphatic heterocycles. The summed E-state index contributed by atoms with van der Waals surface area (Å²) < 4.78 is 31.3. The molecule has 0 bridgehead atoms. The van der Waals surface area contributed by atoms with E-state index in [0.29, 0.717) is 34.6 Å². The lowest BCUT2D eigenvalue weighted by atomic mass is 10.2. The monoisotopic (exact) mass is 511 g/mol. The van der Waals surface area contributed by atoms with Gasteiger partial charge in [-0.2, -0.15) is 5.10 Å². The summed E-state index contributed by atoms with van der Waals surface area (Å²) in [7, 11) is -3.30. The fraction of sp³-hybridized carbons (Fsp3) is 0.250. The average Bonchev–Trinajstić information content (AvgIpc) is 3.31. The lowest BCUT2D eigenvalue weighted by molar-refractivity contribution is -0.115. The van der Waals surface area contributed by atoms with Crippen molar-refractivity contribution in [1.82, 2.24) is 19.7 Å². The summed E-state index contributed by atoms with van der Waals surface area (Å²) in [4.78, 5) is 22.7. The molecule has 0 spiro atoms. The number of hydrogen-bond donors (Lipinski definition) is 1. The molecular formula is C24H25N5O4S2. The molecule has 0 atom stereocenters. The Hall–Kier alpha value is -3.57. The predicted octanol–water partition coefficient (Wildman–Crippen LogP) is 4.09. The van der Waals surface area contributed by atoms with Gasteiger partial charge >= 0.3 is 0 Å². The average molecular weight is 512 g/mol. The molecule has 0 unspecified atom stereocenters. The lowest BCUT2D eigenvalue weighted by Crippen LogP contribution is -2.16. The van der Waals surface area contributed by atoms with Gasteiger partial charge in [0.05, 0.1) is 34.9 Å². The second-order valence-electron chi connectivity index (χ2n) is 8.22. The van der Waals surface area contributed by atoms with Gasteiger partial charge in [0.2, 0.25) is 5.91 Å². The summed E-state index contributed by atoms with van der Waals surface area (Å²) in [5.41, 5.74) is 3.09. The number of pyridine rings is 1. The van der Waals surface area contributed by atoms with Gasteiger partial charge in [-0.05, 0) is 51.1 Å². The van der Waals surface area contributed by atoms with Crippen LogP contribution in [0.1, 0.15) is 27.7 Å². The van der Waals surface area contributed by atoms with E-state index in [4.69, 9.17) is 4.74 Å². The number of ether oxygens (including phenoxy) is 1. The van der Waals surface area contributed by atoms with Gasteiger partial charge in [0.1, 0.15) is 11.5 Å². The van der Waals surface area contributed by atoms with E-state index < -0.39 is 9.84 Å². The fourth-order valence-corrected chi connectivity index (χ4v) is 4.78. The molecule has 0 aliphatic carbocycles. The number of sulfone groups is 1. The number of thiazole rings is 1. The van der Waals surface area contributed by atoms with Crippen LogP contribution in [0.25, 0.3) is 0 Å². The van der Waals surface area contributed by atoms with Crippen LogP contribution in [-0.2, 0) is 27.6 Å². The van der Waals surface area contributed by atoms with Crippen molar-refractivity contribution in [2.75, 3.05) is 11.6 Å². The number of carbonyl (C=O) groups is 1. The van der Waals surface area contributed by atoms with Gasteiger partial charge in [-0.15, -0.1) is 11.3 Å². The highest BCUT2D eigenvalue weighted by atomic mass is 32.2. The summed E-state index contributed by atoms with van der Waals surface area (Å²) in [6.07, 6.45) is 2.89. The molecule has 1 aromatic carbocycles. The van der Waals surface area contributed by atoms with Crippen molar-refractivity contribution in [1.29, 1.82) is 0 Å². The molecule has 3 heterocycles. The largest absolute Gasteiger partial charge is 0.457 e. The van der Waals surface area contributed by atoms with Crippen LogP contribution in [0.4, 0.5) is 5.13 Å². The number of aryl methyl sites for hydroxylation is 3. The third kappa shape index (κ3) is 6.52. The smallest absolute Gasteiger partial charge is 0.232 e. The minimum absolute atomic E-state index is 0.0347. The van der Waals surface area contributed by atoms with Gasteiger partial charge in [0.25, 0.3) is 0 Å². The van der Waals surface area contributed by atoms with E-state index in [1.807, 2.05) is 31.5 Å². The highest BCUT2D eigenvalue weighted by Crippen LogP contribution is 2.25. The number of hydrogen-bond acceptors (Lipinski definition) is 8. The van der Waals surface area contributed by atoms with E-state index in [0.717, 1.165) is 22.5 Å². The van der Waals surface area contributed by atoms with Gasteiger partial charge < -0.3 is 10.1 Å². The normalized spacial score (nSPS) is 11.4. The van der Waals surface area contributed by atoms with Crippen molar-refractivity contribution < 1.29 is 17.9 Å². The topological polar surface area (TPSA) is 116 Å². The molecular weight excluding hydrogens is 486 g/mol. The Labute approximate surface area is 207 Å². The molecule has 0 fully saturated rings. The lowest BCUT2D eigenvalue weighted by Gasteiger charge is -2.12. The van der Waals surface area contributed by atoms with E-state index in [1.54, 1.807) is 30.5 Å². The molecule has 1 amide bonds. The molecule has 35 heavy (non-hydrogen) atoms. The van der Waals surface area contributed by atoms with Crippen LogP contribution in [0, 0.1) is 20.8 Å². The molecule has 0 aliphatic rings. The van der Waals surface area contributed by atoms with Gasteiger partial charge in [-0.1, -0.05) is 0 Å². The van der Waals surface area contributed by atoms with E-state index in [9.17, 15) is 13.2 Å². The Kier molecular flexibility index (Phi) is 6.99. The summed E-state index contributed by atoms with van der Waals surface area (Å²) in [6.45, 7) is 6.22. The first-order chi connectivity index (χ1) is 16.5.